The Morgan fingerprint density at radius 1 is 1.00 bits per heavy atom. The molecular weight excluding hydrogens is 188 g/mol. The fourth-order valence-electron chi connectivity index (χ4n) is 2.12. The van der Waals surface area contributed by atoms with Gasteiger partial charge in [-0.15, -0.1) is 0 Å². The van der Waals surface area contributed by atoms with Gasteiger partial charge in [0.25, 0.3) is 0 Å². The summed E-state index contributed by atoms with van der Waals surface area (Å²) in [5.41, 5.74) is 1.12. The molecule has 15 heavy (non-hydrogen) atoms. The minimum atomic E-state index is 0.944. The first-order valence-corrected chi connectivity index (χ1v) is 5.20. The van der Waals surface area contributed by atoms with Crippen molar-refractivity contribution in [3.05, 3.63) is 22.1 Å². The van der Waals surface area contributed by atoms with Gasteiger partial charge in [-0.3, -0.25) is 0 Å². The lowest BCUT2D eigenvalue weighted by Crippen LogP contribution is -2.30. The van der Waals surface area contributed by atoms with Gasteiger partial charge in [0.15, 0.2) is 0 Å². The van der Waals surface area contributed by atoms with Crippen molar-refractivity contribution < 1.29 is 9.47 Å². The SMILES string of the molecule is COc1cc(C)c(OC)c2c1=CCCC=2. The monoisotopic (exact) mass is 204 g/mol. The summed E-state index contributed by atoms with van der Waals surface area (Å²) in [7, 11) is 3.43. The van der Waals surface area contributed by atoms with Gasteiger partial charge in [0.1, 0.15) is 11.5 Å². The van der Waals surface area contributed by atoms with Gasteiger partial charge >= 0.3 is 0 Å². The van der Waals surface area contributed by atoms with Gasteiger partial charge in [-0.05, 0) is 31.4 Å². The maximum absolute atomic E-state index is 5.44. The third-order valence-corrected chi connectivity index (χ3v) is 2.79. The maximum atomic E-state index is 5.44. The predicted molar refractivity (Wildman–Crippen MR) is 61.7 cm³/mol. The molecule has 1 aromatic rings. The summed E-state index contributed by atoms with van der Waals surface area (Å²) in [5, 5.41) is 2.35. The number of hydrogen-bond acceptors (Lipinski definition) is 2. The molecule has 0 amide bonds. The van der Waals surface area contributed by atoms with Crippen LogP contribution >= 0.6 is 0 Å². The van der Waals surface area contributed by atoms with Crippen molar-refractivity contribution >= 4 is 12.2 Å². The van der Waals surface area contributed by atoms with E-state index in [0.717, 1.165) is 29.9 Å². The minimum Gasteiger partial charge on any atom is -0.496 e. The zero-order valence-corrected chi connectivity index (χ0v) is 9.46. The van der Waals surface area contributed by atoms with Crippen LogP contribution < -0.4 is 19.9 Å². The molecule has 0 unspecified atom stereocenters. The second-order valence-corrected chi connectivity index (χ2v) is 3.74. The van der Waals surface area contributed by atoms with E-state index >= 15 is 0 Å². The molecule has 0 aliphatic heterocycles. The van der Waals surface area contributed by atoms with Crippen LogP contribution in [-0.4, -0.2) is 14.2 Å². The molecule has 2 nitrogen and oxygen atoms in total. The summed E-state index contributed by atoms with van der Waals surface area (Å²) in [4.78, 5) is 0. The lowest BCUT2D eigenvalue weighted by Gasteiger charge is -2.12. The van der Waals surface area contributed by atoms with Crippen LogP contribution in [0.5, 0.6) is 11.5 Å². The number of methoxy groups -OCH3 is 2. The Morgan fingerprint density at radius 3 is 2.27 bits per heavy atom. The van der Waals surface area contributed by atoms with Crippen LogP contribution in [0.25, 0.3) is 12.2 Å². The lowest BCUT2D eigenvalue weighted by atomic mass is 10.0. The summed E-state index contributed by atoms with van der Waals surface area (Å²) in [6, 6.07) is 2.04. The Hall–Kier alpha value is -1.44. The van der Waals surface area contributed by atoms with Crippen molar-refractivity contribution in [2.45, 2.75) is 19.8 Å². The lowest BCUT2D eigenvalue weighted by molar-refractivity contribution is 0.394. The van der Waals surface area contributed by atoms with E-state index in [1.54, 1.807) is 14.2 Å². The zero-order valence-electron chi connectivity index (χ0n) is 9.46. The number of fused-ring (bicyclic) bond motifs is 1. The fraction of sp³-hybridized carbons (Fsp3) is 0.385. The van der Waals surface area contributed by atoms with Crippen LogP contribution in [0.2, 0.25) is 0 Å². The highest BCUT2D eigenvalue weighted by Gasteiger charge is 2.08. The van der Waals surface area contributed by atoms with Crippen LogP contribution in [0, 0.1) is 6.92 Å². The molecule has 2 heteroatoms. The number of ether oxygens (including phenoxy) is 2. The Kier molecular flexibility index (Phi) is 2.67. The van der Waals surface area contributed by atoms with Gasteiger partial charge in [-0.25, -0.2) is 0 Å². The normalized spacial score (nSPS) is 13.5. The van der Waals surface area contributed by atoms with Crippen LogP contribution in [0.1, 0.15) is 18.4 Å². The molecule has 0 N–H and O–H groups in total. The van der Waals surface area contributed by atoms with E-state index in [4.69, 9.17) is 9.47 Å². The van der Waals surface area contributed by atoms with Crippen molar-refractivity contribution in [2.75, 3.05) is 14.2 Å². The van der Waals surface area contributed by atoms with Crippen molar-refractivity contribution in [1.82, 2.24) is 0 Å². The summed E-state index contributed by atoms with van der Waals surface area (Å²) >= 11 is 0. The zero-order chi connectivity index (χ0) is 10.8. The number of rotatable bonds is 2. The molecule has 1 aliphatic rings. The molecule has 0 saturated carbocycles. The second-order valence-electron chi connectivity index (χ2n) is 3.74. The summed E-state index contributed by atoms with van der Waals surface area (Å²) < 4.78 is 10.8. The van der Waals surface area contributed by atoms with Crippen molar-refractivity contribution in [3.63, 3.8) is 0 Å². The van der Waals surface area contributed by atoms with Crippen molar-refractivity contribution in [3.8, 4) is 11.5 Å². The molecule has 0 bridgehead atoms. The molecule has 0 heterocycles. The van der Waals surface area contributed by atoms with Gasteiger partial charge in [0.2, 0.25) is 0 Å². The maximum Gasteiger partial charge on any atom is 0.129 e. The van der Waals surface area contributed by atoms with Crippen LogP contribution in [-0.2, 0) is 0 Å². The van der Waals surface area contributed by atoms with Gasteiger partial charge in [0, 0.05) is 10.4 Å². The Labute approximate surface area is 89.8 Å². The van der Waals surface area contributed by atoms with E-state index in [0.29, 0.717) is 0 Å². The first kappa shape index (κ1) is 10.1. The molecule has 0 fully saturated rings. The Bertz CT molecular complexity index is 486. The fourth-order valence-corrected chi connectivity index (χ4v) is 2.12. The number of aryl methyl sites for hydroxylation is 1. The topological polar surface area (TPSA) is 18.5 Å². The smallest absolute Gasteiger partial charge is 0.129 e. The largest absolute Gasteiger partial charge is 0.496 e. The molecule has 0 atom stereocenters. The van der Waals surface area contributed by atoms with Gasteiger partial charge in [0.05, 0.1) is 14.2 Å². The molecule has 2 rings (SSSR count). The van der Waals surface area contributed by atoms with E-state index in [9.17, 15) is 0 Å². The number of benzene rings is 1. The Morgan fingerprint density at radius 2 is 1.67 bits per heavy atom. The molecule has 1 aromatic carbocycles. The molecule has 1 aliphatic carbocycles. The Balaban J connectivity index is 2.85. The van der Waals surface area contributed by atoms with E-state index in [1.807, 2.05) is 13.0 Å². The van der Waals surface area contributed by atoms with Gasteiger partial charge in [-0.2, -0.15) is 0 Å². The standard InChI is InChI=1S/C13H16O2/c1-9-8-12(14-2)10-6-4-5-7-11(10)13(9)15-3/h6-8H,4-5H2,1-3H3. The summed E-state index contributed by atoms with van der Waals surface area (Å²) in [6.45, 7) is 2.05. The highest BCUT2D eigenvalue weighted by Crippen LogP contribution is 2.16. The van der Waals surface area contributed by atoms with E-state index in [-0.39, 0.29) is 0 Å². The van der Waals surface area contributed by atoms with Crippen LogP contribution in [0.4, 0.5) is 0 Å². The molecule has 0 spiro atoms. The minimum absolute atomic E-state index is 0.944. The molecule has 80 valence electrons. The summed E-state index contributed by atoms with van der Waals surface area (Å²) in [5.74, 6) is 1.92. The highest BCUT2D eigenvalue weighted by molar-refractivity contribution is 5.52. The second kappa shape index (κ2) is 3.97. The van der Waals surface area contributed by atoms with E-state index in [2.05, 4.69) is 12.2 Å². The first-order valence-electron chi connectivity index (χ1n) is 5.20. The van der Waals surface area contributed by atoms with E-state index < -0.39 is 0 Å². The average molecular weight is 204 g/mol. The van der Waals surface area contributed by atoms with Crippen LogP contribution in [0.3, 0.4) is 0 Å². The first-order chi connectivity index (χ1) is 7.27. The van der Waals surface area contributed by atoms with Crippen LogP contribution in [0.15, 0.2) is 6.07 Å². The van der Waals surface area contributed by atoms with Crippen molar-refractivity contribution in [2.24, 2.45) is 0 Å². The van der Waals surface area contributed by atoms with Crippen molar-refractivity contribution in [1.29, 1.82) is 0 Å². The van der Waals surface area contributed by atoms with Gasteiger partial charge in [-0.1, -0.05) is 12.2 Å². The third-order valence-electron chi connectivity index (χ3n) is 2.79. The molecule has 0 radical (unpaired) electrons. The van der Waals surface area contributed by atoms with Gasteiger partial charge < -0.3 is 9.47 Å². The quantitative estimate of drug-likeness (QED) is 0.724. The molecular formula is C13H16O2. The number of hydrogen-bond donors (Lipinski definition) is 0. The summed E-state index contributed by atoms with van der Waals surface area (Å²) in [6.07, 6.45) is 6.60. The predicted octanol–water partition coefficient (Wildman–Crippen LogP) is 1.37. The highest BCUT2D eigenvalue weighted by atomic mass is 16.5. The third kappa shape index (κ3) is 1.60. The van der Waals surface area contributed by atoms with E-state index in [1.165, 1.54) is 10.4 Å². The molecule has 0 aromatic heterocycles. The average Bonchev–Trinajstić information content (AvgIpc) is 2.28. The molecule has 0 saturated heterocycles.